The molecule has 0 bridgehead atoms. The number of carbonyl (C=O) groups is 1. The molecule has 0 spiro atoms. The maximum Gasteiger partial charge on any atom is 0.293 e. The molecule has 0 atom stereocenters. The van der Waals surface area contributed by atoms with Gasteiger partial charge in [0.25, 0.3) is 11.6 Å². The molecule has 21 heavy (non-hydrogen) atoms. The number of nitro benzene ring substituents is 1. The first kappa shape index (κ1) is 15.2. The molecule has 0 aliphatic rings. The van der Waals surface area contributed by atoms with Gasteiger partial charge in [0, 0.05) is 15.2 Å². The van der Waals surface area contributed by atoms with Crippen molar-refractivity contribution in [3.05, 3.63) is 61.7 Å². The minimum absolute atomic E-state index is 0.0791. The van der Waals surface area contributed by atoms with Gasteiger partial charge >= 0.3 is 0 Å². The molecule has 0 saturated heterocycles. The van der Waals surface area contributed by atoms with E-state index in [0.717, 1.165) is 3.57 Å². The normalized spacial score (nSPS) is 10.0. The quantitative estimate of drug-likeness (QED) is 0.318. The van der Waals surface area contributed by atoms with E-state index in [1.807, 2.05) is 12.1 Å². The third kappa shape index (κ3) is 3.47. The molecule has 0 radical (unpaired) electrons. The zero-order valence-corrected chi connectivity index (χ0v) is 12.8. The van der Waals surface area contributed by atoms with E-state index in [0.29, 0.717) is 5.69 Å². The second kappa shape index (κ2) is 6.50. The van der Waals surface area contributed by atoms with E-state index in [1.54, 1.807) is 12.1 Å². The van der Waals surface area contributed by atoms with E-state index < -0.39 is 4.92 Å². The van der Waals surface area contributed by atoms with Crippen molar-refractivity contribution in [2.75, 3.05) is 10.7 Å². The molecule has 8 heteroatoms. The van der Waals surface area contributed by atoms with Gasteiger partial charge < -0.3 is 10.7 Å². The van der Waals surface area contributed by atoms with Gasteiger partial charge in [-0.15, -0.1) is 0 Å². The van der Waals surface area contributed by atoms with Gasteiger partial charge in [-0.2, -0.15) is 0 Å². The molecule has 0 aromatic heterocycles. The lowest BCUT2D eigenvalue weighted by molar-refractivity contribution is -0.384. The highest BCUT2D eigenvalue weighted by molar-refractivity contribution is 14.1. The summed E-state index contributed by atoms with van der Waals surface area (Å²) in [6.07, 6.45) is 0. The number of hydrazine groups is 1. The number of hydrogen-bond acceptors (Lipinski definition) is 5. The summed E-state index contributed by atoms with van der Waals surface area (Å²) in [6, 6.07) is 11.2. The monoisotopic (exact) mass is 398 g/mol. The molecule has 7 nitrogen and oxygen atoms in total. The Morgan fingerprint density at radius 3 is 2.52 bits per heavy atom. The van der Waals surface area contributed by atoms with Crippen molar-refractivity contribution >= 4 is 45.6 Å². The van der Waals surface area contributed by atoms with E-state index in [2.05, 4.69) is 33.3 Å². The van der Waals surface area contributed by atoms with Crippen molar-refractivity contribution in [3.8, 4) is 0 Å². The summed E-state index contributed by atoms with van der Waals surface area (Å²) in [5, 5.41) is 13.5. The standard InChI is InChI=1S/C13H11IN4O3/c14-9-3-1-2-4-10(9)16-13(19)8-5-6-12(18(20)21)11(7-8)17-15/h1-7,17H,15H2,(H,16,19). The van der Waals surface area contributed by atoms with Crippen LogP contribution in [0.5, 0.6) is 0 Å². The summed E-state index contributed by atoms with van der Waals surface area (Å²) in [7, 11) is 0. The third-order valence-electron chi connectivity index (χ3n) is 2.73. The Hall–Kier alpha value is -2.20. The van der Waals surface area contributed by atoms with Crippen LogP contribution in [0.2, 0.25) is 0 Å². The first-order valence-electron chi connectivity index (χ1n) is 5.84. The van der Waals surface area contributed by atoms with Crippen LogP contribution in [0.4, 0.5) is 17.1 Å². The van der Waals surface area contributed by atoms with E-state index >= 15 is 0 Å². The number of benzene rings is 2. The Labute approximate surface area is 133 Å². The van der Waals surface area contributed by atoms with Crippen LogP contribution in [-0.4, -0.2) is 10.8 Å². The fourth-order valence-electron chi connectivity index (χ4n) is 1.71. The van der Waals surface area contributed by atoms with E-state index in [-0.39, 0.29) is 22.8 Å². The van der Waals surface area contributed by atoms with Crippen molar-refractivity contribution < 1.29 is 9.72 Å². The van der Waals surface area contributed by atoms with Gasteiger partial charge in [0.15, 0.2) is 0 Å². The lowest BCUT2D eigenvalue weighted by Gasteiger charge is -2.08. The van der Waals surface area contributed by atoms with E-state index in [4.69, 9.17) is 5.84 Å². The predicted octanol–water partition coefficient (Wildman–Crippen LogP) is 2.74. The molecule has 108 valence electrons. The predicted molar refractivity (Wildman–Crippen MR) is 88.0 cm³/mol. The number of rotatable bonds is 4. The fourth-order valence-corrected chi connectivity index (χ4v) is 2.23. The lowest BCUT2D eigenvalue weighted by Crippen LogP contribution is -2.15. The van der Waals surface area contributed by atoms with Crippen molar-refractivity contribution in [2.45, 2.75) is 0 Å². The number of para-hydroxylation sites is 1. The lowest BCUT2D eigenvalue weighted by atomic mass is 10.1. The number of halogens is 1. The molecule has 0 unspecified atom stereocenters. The summed E-state index contributed by atoms with van der Waals surface area (Å²) in [4.78, 5) is 22.4. The Kier molecular flexibility index (Phi) is 4.70. The maximum absolute atomic E-state index is 12.2. The van der Waals surface area contributed by atoms with Crippen molar-refractivity contribution in [3.63, 3.8) is 0 Å². The third-order valence-corrected chi connectivity index (χ3v) is 3.67. The minimum Gasteiger partial charge on any atom is -0.321 e. The van der Waals surface area contributed by atoms with Crippen LogP contribution in [0.3, 0.4) is 0 Å². The number of nitrogens with two attached hydrogens (primary N) is 1. The van der Waals surface area contributed by atoms with Gasteiger partial charge in [0.05, 0.1) is 10.6 Å². The van der Waals surface area contributed by atoms with Crippen molar-refractivity contribution in [1.82, 2.24) is 0 Å². The van der Waals surface area contributed by atoms with Crippen molar-refractivity contribution in [2.24, 2.45) is 5.84 Å². The largest absolute Gasteiger partial charge is 0.321 e. The van der Waals surface area contributed by atoms with Gasteiger partial charge in [-0.1, -0.05) is 12.1 Å². The topological polar surface area (TPSA) is 110 Å². The number of nitrogens with zero attached hydrogens (tertiary/aromatic N) is 1. The summed E-state index contributed by atoms with van der Waals surface area (Å²) in [6.45, 7) is 0. The van der Waals surface area contributed by atoms with Gasteiger partial charge in [-0.05, 0) is 46.9 Å². The highest BCUT2D eigenvalue weighted by Crippen LogP contribution is 2.25. The van der Waals surface area contributed by atoms with Gasteiger partial charge in [-0.25, -0.2) is 0 Å². The molecule has 2 rings (SSSR count). The van der Waals surface area contributed by atoms with Crippen LogP contribution in [0.15, 0.2) is 42.5 Å². The number of amides is 1. The molecular weight excluding hydrogens is 387 g/mol. The SMILES string of the molecule is NNc1cc(C(=O)Nc2ccccc2I)ccc1[N+](=O)[O-]. The zero-order chi connectivity index (χ0) is 15.4. The first-order valence-corrected chi connectivity index (χ1v) is 6.91. The minimum atomic E-state index is -0.572. The Morgan fingerprint density at radius 2 is 1.90 bits per heavy atom. The number of hydrogen-bond donors (Lipinski definition) is 3. The van der Waals surface area contributed by atoms with Crippen LogP contribution < -0.4 is 16.6 Å². The number of nitro groups is 1. The second-order valence-corrected chi connectivity index (χ2v) is 5.23. The molecule has 0 aliphatic carbocycles. The van der Waals surface area contributed by atoms with E-state index in [1.165, 1.54) is 18.2 Å². The highest BCUT2D eigenvalue weighted by Gasteiger charge is 2.16. The smallest absolute Gasteiger partial charge is 0.293 e. The maximum atomic E-state index is 12.2. The van der Waals surface area contributed by atoms with Gasteiger partial charge in [0.2, 0.25) is 0 Å². The zero-order valence-electron chi connectivity index (χ0n) is 10.7. The van der Waals surface area contributed by atoms with Gasteiger partial charge in [0.1, 0.15) is 5.69 Å². The van der Waals surface area contributed by atoms with Crippen LogP contribution in [0, 0.1) is 13.7 Å². The summed E-state index contributed by atoms with van der Waals surface area (Å²) in [5.74, 6) is 4.88. The molecule has 0 fully saturated rings. The average molecular weight is 398 g/mol. The van der Waals surface area contributed by atoms with Crippen LogP contribution >= 0.6 is 22.6 Å². The Balaban J connectivity index is 2.28. The van der Waals surface area contributed by atoms with Crippen LogP contribution in [0.1, 0.15) is 10.4 Å². The van der Waals surface area contributed by atoms with Crippen molar-refractivity contribution in [1.29, 1.82) is 0 Å². The molecule has 2 aromatic rings. The van der Waals surface area contributed by atoms with Crippen LogP contribution in [0.25, 0.3) is 0 Å². The number of nitrogen functional groups attached to an aromatic ring is 1. The number of anilines is 2. The highest BCUT2D eigenvalue weighted by atomic mass is 127. The summed E-state index contributed by atoms with van der Waals surface area (Å²) >= 11 is 2.10. The van der Waals surface area contributed by atoms with Gasteiger partial charge in [-0.3, -0.25) is 20.8 Å². The Morgan fingerprint density at radius 1 is 1.19 bits per heavy atom. The van der Waals surface area contributed by atoms with E-state index in [9.17, 15) is 14.9 Å². The van der Waals surface area contributed by atoms with Crippen LogP contribution in [-0.2, 0) is 0 Å². The molecule has 1 amide bonds. The average Bonchev–Trinajstić information content (AvgIpc) is 2.48. The molecule has 4 N–H and O–H groups in total. The molecule has 0 aliphatic heterocycles. The molecule has 0 heterocycles. The molecular formula is C13H11IN4O3. The Bertz CT molecular complexity index is 706. The summed E-state index contributed by atoms with van der Waals surface area (Å²) < 4.78 is 0.891. The number of nitrogens with one attached hydrogen (secondary N) is 2. The fraction of sp³-hybridized carbons (Fsp3) is 0. The summed E-state index contributed by atoms with van der Waals surface area (Å²) in [5.41, 5.74) is 3.05. The first-order chi connectivity index (χ1) is 10.0. The molecule has 0 saturated carbocycles. The number of carbonyl (C=O) groups excluding carboxylic acids is 1. The molecule has 2 aromatic carbocycles. The second-order valence-electron chi connectivity index (χ2n) is 4.07.